The van der Waals surface area contributed by atoms with Crippen molar-refractivity contribution in [2.24, 2.45) is 0 Å². The van der Waals surface area contributed by atoms with E-state index in [9.17, 15) is 13.2 Å². The fourth-order valence-corrected chi connectivity index (χ4v) is 2.46. The Balaban J connectivity index is 3.10. The number of aryl methyl sites for hydroxylation is 1. The summed E-state index contributed by atoms with van der Waals surface area (Å²) in [6.45, 7) is 4.53. The fraction of sp³-hybridized carbons (Fsp3) is 0.400. The van der Waals surface area contributed by atoms with E-state index in [1.807, 2.05) is 6.92 Å². The summed E-state index contributed by atoms with van der Waals surface area (Å²) in [5, 5.41) is 0.440. The number of benzene rings is 1. The first-order valence-corrected chi connectivity index (χ1v) is 7.39. The minimum absolute atomic E-state index is 0.440. The van der Waals surface area contributed by atoms with Gasteiger partial charge in [-0.1, -0.05) is 42.9 Å². The zero-order chi connectivity index (χ0) is 11.0. The molecule has 0 heterocycles. The fourth-order valence-electron chi connectivity index (χ4n) is 1.13. The van der Waals surface area contributed by atoms with Gasteiger partial charge in [-0.2, -0.15) is 13.2 Å². The van der Waals surface area contributed by atoms with Gasteiger partial charge in [0.15, 0.2) is 0 Å². The first-order chi connectivity index (χ1) is 6.25. The van der Waals surface area contributed by atoms with Crippen LogP contribution in [0.4, 0.5) is 13.2 Å². The minimum Gasteiger partial charge on any atom is -0.176 e. The van der Waals surface area contributed by atoms with E-state index in [0.29, 0.717) is 5.19 Å². The van der Waals surface area contributed by atoms with Crippen molar-refractivity contribution in [1.29, 1.82) is 0 Å². The van der Waals surface area contributed by atoms with Crippen LogP contribution in [-0.4, -0.2) is 13.9 Å². The second-order valence-electron chi connectivity index (χ2n) is 3.99. The summed E-state index contributed by atoms with van der Waals surface area (Å²) in [4.78, 5) is 0. The molecular formula is C10H13F3Si. The second-order valence-corrected chi connectivity index (χ2v) is 8.38. The average Bonchev–Trinajstić information content (AvgIpc) is 2.03. The van der Waals surface area contributed by atoms with Gasteiger partial charge in [0.2, 0.25) is 8.07 Å². The van der Waals surface area contributed by atoms with Crippen molar-refractivity contribution in [1.82, 2.24) is 0 Å². The summed E-state index contributed by atoms with van der Waals surface area (Å²) in [5.41, 5.74) is 0.987. The Morgan fingerprint density at radius 2 is 1.43 bits per heavy atom. The Bertz CT molecular complexity index is 311. The number of rotatable bonds is 1. The van der Waals surface area contributed by atoms with Crippen LogP contribution in [0.15, 0.2) is 24.3 Å². The maximum absolute atomic E-state index is 12.7. The van der Waals surface area contributed by atoms with Crippen molar-refractivity contribution in [3.63, 3.8) is 0 Å². The van der Waals surface area contributed by atoms with Gasteiger partial charge in [0, 0.05) is 0 Å². The van der Waals surface area contributed by atoms with Crippen molar-refractivity contribution in [3.8, 4) is 0 Å². The molecule has 0 atom stereocenters. The van der Waals surface area contributed by atoms with E-state index in [4.69, 9.17) is 0 Å². The van der Waals surface area contributed by atoms with E-state index in [2.05, 4.69) is 0 Å². The monoisotopic (exact) mass is 218 g/mol. The van der Waals surface area contributed by atoms with Gasteiger partial charge in [-0.05, 0) is 12.1 Å². The highest BCUT2D eigenvalue weighted by molar-refractivity contribution is 6.91. The molecule has 1 rings (SSSR count). The lowest BCUT2D eigenvalue weighted by Gasteiger charge is -2.25. The van der Waals surface area contributed by atoms with E-state index >= 15 is 0 Å². The normalized spacial score (nSPS) is 13.0. The van der Waals surface area contributed by atoms with Gasteiger partial charge in [0.1, 0.15) is 0 Å². The third-order valence-corrected chi connectivity index (χ3v) is 5.68. The van der Waals surface area contributed by atoms with Gasteiger partial charge >= 0.3 is 5.80 Å². The molecule has 1 aromatic rings. The molecule has 0 aliphatic carbocycles. The molecule has 0 spiro atoms. The summed E-state index contributed by atoms with van der Waals surface area (Å²) >= 11 is 0. The van der Waals surface area contributed by atoms with Gasteiger partial charge in [0.25, 0.3) is 0 Å². The van der Waals surface area contributed by atoms with Crippen LogP contribution in [0, 0.1) is 6.92 Å². The van der Waals surface area contributed by atoms with Gasteiger partial charge in [0.05, 0.1) is 0 Å². The van der Waals surface area contributed by atoms with Gasteiger partial charge < -0.3 is 0 Å². The highest BCUT2D eigenvalue weighted by atomic mass is 28.3. The van der Waals surface area contributed by atoms with E-state index in [0.717, 1.165) is 5.56 Å². The average molecular weight is 218 g/mol. The van der Waals surface area contributed by atoms with Crippen molar-refractivity contribution in [3.05, 3.63) is 29.8 Å². The molecule has 4 heteroatoms. The number of halogens is 3. The number of alkyl halides is 3. The van der Waals surface area contributed by atoms with Crippen molar-refractivity contribution < 1.29 is 13.2 Å². The maximum atomic E-state index is 12.7. The number of hydrogen-bond donors (Lipinski definition) is 0. The molecule has 0 amide bonds. The molecule has 0 fully saturated rings. The lowest BCUT2D eigenvalue weighted by Crippen LogP contribution is -2.55. The molecular weight excluding hydrogens is 205 g/mol. The third-order valence-electron chi connectivity index (χ3n) is 2.48. The molecule has 1 aromatic carbocycles. The Kier molecular flexibility index (Phi) is 2.76. The summed E-state index contributed by atoms with van der Waals surface area (Å²) in [7, 11) is -3.30. The van der Waals surface area contributed by atoms with Crippen LogP contribution in [0.1, 0.15) is 5.56 Å². The van der Waals surface area contributed by atoms with Crippen LogP contribution in [0.3, 0.4) is 0 Å². The van der Waals surface area contributed by atoms with E-state index in [1.54, 1.807) is 24.3 Å². The molecule has 0 aliphatic rings. The molecule has 0 saturated heterocycles. The first-order valence-electron chi connectivity index (χ1n) is 4.39. The number of hydrogen-bond acceptors (Lipinski definition) is 0. The lowest BCUT2D eigenvalue weighted by atomic mass is 10.2. The van der Waals surface area contributed by atoms with E-state index in [1.165, 1.54) is 13.1 Å². The molecule has 0 nitrogen and oxygen atoms in total. The zero-order valence-corrected chi connectivity index (χ0v) is 9.44. The van der Waals surface area contributed by atoms with Crippen LogP contribution in [0.25, 0.3) is 0 Å². The molecule has 0 unspecified atom stereocenters. The molecule has 78 valence electrons. The summed E-state index contributed by atoms with van der Waals surface area (Å²) in [6.07, 6.45) is 0. The summed E-state index contributed by atoms with van der Waals surface area (Å²) in [5.74, 6) is -4.07. The Labute approximate surface area is 82.8 Å². The van der Waals surface area contributed by atoms with Crippen molar-refractivity contribution in [2.75, 3.05) is 0 Å². The molecule has 0 bridgehead atoms. The second kappa shape index (κ2) is 3.42. The lowest BCUT2D eigenvalue weighted by molar-refractivity contribution is -0.0539. The van der Waals surface area contributed by atoms with Crippen LogP contribution < -0.4 is 5.19 Å². The quantitative estimate of drug-likeness (QED) is 0.636. The molecule has 0 aliphatic heterocycles. The van der Waals surface area contributed by atoms with Gasteiger partial charge in [-0.15, -0.1) is 0 Å². The molecule has 0 aromatic heterocycles. The van der Waals surface area contributed by atoms with Crippen LogP contribution in [0.5, 0.6) is 0 Å². The van der Waals surface area contributed by atoms with E-state index in [-0.39, 0.29) is 0 Å². The van der Waals surface area contributed by atoms with Crippen LogP contribution in [-0.2, 0) is 0 Å². The predicted octanol–water partition coefficient (Wildman–Crippen LogP) is 3.01. The molecule has 14 heavy (non-hydrogen) atoms. The van der Waals surface area contributed by atoms with Gasteiger partial charge in [-0.3, -0.25) is 0 Å². The Morgan fingerprint density at radius 1 is 1.00 bits per heavy atom. The van der Waals surface area contributed by atoms with Crippen molar-refractivity contribution in [2.45, 2.75) is 25.8 Å². The Morgan fingerprint density at radius 3 is 1.79 bits per heavy atom. The SMILES string of the molecule is Cc1ccc([Si](C)(C)C(F)(F)F)cc1. The summed E-state index contributed by atoms with van der Waals surface area (Å²) in [6, 6.07) is 6.65. The third kappa shape index (κ3) is 2.00. The molecule has 0 N–H and O–H groups in total. The first kappa shape index (κ1) is 11.3. The maximum Gasteiger partial charge on any atom is 0.365 e. The summed E-state index contributed by atoms with van der Waals surface area (Å²) < 4.78 is 38.0. The van der Waals surface area contributed by atoms with Crippen molar-refractivity contribution >= 4 is 13.3 Å². The standard InChI is InChI=1S/C10H13F3Si/c1-8-4-6-9(7-5-8)14(2,3)10(11,12)13/h4-7H,1-3H3. The smallest absolute Gasteiger partial charge is 0.176 e. The van der Waals surface area contributed by atoms with E-state index < -0.39 is 13.9 Å². The molecule has 0 saturated carbocycles. The largest absolute Gasteiger partial charge is 0.365 e. The van der Waals surface area contributed by atoms with Gasteiger partial charge in [-0.25, -0.2) is 0 Å². The Hall–Kier alpha value is -0.773. The van der Waals surface area contributed by atoms with Crippen LogP contribution >= 0.6 is 0 Å². The highest BCUT2D eigenvalue weighted by Gasteiger charge is 2.50. The molecule has 0 radical (unpaired) electrons. The minimum atomic E-state index is -4.07. The predicted molar refractivity (Wildman–Crippen MR) is 54.4 cm³/mol. The van der Waals surface area contributed by atoms with Crippen LogP contribution in [0.2, 0.25) is 13.1 Å². The highest BCUT2D eigenvalue weighted by Crippen LogP contribution is 2.28. The topological polar surface area (TPSA) is 0 Å². The zero-order valence-electron chi connectivity index (χ0n) is 8.44.